The summed E-state index contributed by atoms with van der Waals surface area (Å²) < 4.78 is 26.5. The van der Waals surface area contributed by atoms with Gasteiger partial charge in [-0.2, -0.15) is 0 Å². The quantitative estimate of drug-likeness (QED) is 0.909. The number of aryl methyl sites for hydroxylation is 1. The van der Waals surface area contributed by atoms with Crippen molar-refractivity contribution >= 4 is 39.1 Å². The Morgan fingerprint density at radius 2 is 1.73 bits per heavy atom. The van der Waals surface area contributed by atoms with Gasteiger partial charge in [0.2, 0.25) is 0 Å². The fraction of sp³-hybridized carbons (Fsp3) is 0.154. The van der Waals surface area contributed by atoms with Crippen LogP contribution in [0.2, 0.25) is 10.0 Å². The van der Waals surface area contributed by atoms with Crippen LogP contribution in [0, 0.1) is 13.8 Å². The van der Waals surface area contributed by atoms with Gasteiger partial charge in [0.15, 0.2) is 0 Å². The van der Waals surface area contributed by atoms with Crippen molar-refractivity contribution in [2.45, 2.75) is 18.7 Å². The highest BCUT2D eigenvalue weighted by molar-refractivity contribution is 7.90. The molecule has 0 aliphatic rings. The van der Waals surface area contributed by atoms with E-state index in [0.717, 1.165) is 0 Å². The molecule has 2 rings (SSSR count). The molecule has 0 unspecified atom stereocenters. The van der Waals surface area contributed by atoms with Gasteiger partial charge in [0.25, 0.3) is 15.9 Å². The monoisotopic (exact) mass is 359 g/mol. The van der Waals surface area contributed by atoms with Crippen molar-refractivity contribution in [2.24, 2.45) is 0 Å². The third-order valence-corrected chi connectivity index (χ3v) is 5.25. The molecule has 0 fully saturated rings. The number of halogens is 2. The number of hydrogen-bond acceptors (Lipinski definition) is 5. The molecule has 1 amide bonds. The van der Waals surface area contributed by atoms with Gasteiger partial charge in [-0.1, -0.05) is 29.3 Å². The fourth-order valence-electron chi connectivity index (χ4n) is 1.73. The van der Waals surface area contributed by atoms with E-state index >= 15 is 0 Å². The van der Waals surface area contributed by atoms with Crippen LogP contribution in [0.3, 0.4) is 0 Å². The average molecular weight is 360 g/mol. The third kappa shape index (κ3) is 3.21. The van der Waals surface area contributed by atoms with Gasteiger partial charge in [-0.05, 0) is 26.0 Å². The molecule has 0 saturated heterocycles. The number of nitrogens with one attached hydrogen (secondary N) is 1. The number of nitrogens with zero attached hydrogens (tertiary/aromatic N) is 2. The summed E-state index contributed by atoms with van der Waals surface area (Å²) in [7, 11) is -4.22. The highest BCUT2D eigenvalue weighted by Crippen LogP contribution is 2.28. The van der Waals surface area contributed by atoms with Gasteiger partial charge in [0.1, 0.15) is 16.9 Å². The number of aromatic nitrogens is 2. The zero-order chi connectivity index (χ0) is 16.5. The Morgan fingerprint density at radius 1 is 1.14 bits per heavy atom. The molecule has 0 radical (unpaired) electrons. The number of sulfonamides is 1. The lowest BCUT2D eigenvalue weighted by atomic mass is 10.2. The molecule has 9 heteroatoms. The standard InChI is InChI=1S/C13H11Cl2N3O3S/c1-7-8(2)16-6-17-11(7)13(19)18-22(20,21)12-9(14)4-3-5-10(12)15/h3-6H,1-2H3,(H,18,19). The molecule has 1 aromatic carbocycles. The number of carbonyl (C=O) groups is 1. The van der Waals surface area contributed by atoms with Crippen LogP contribution in [-0.2, 0) is 10.0 Å². The number of rotatable bonds is 3. The lowest BCUT2D eigenvalue weighted by Gasteiger charge is -2.11. The minimum Gasteiger partial charge on any atom is -0.266 e. The maximum atomic E-state index is 12.3. The smallest absolute Gasteiger partial charge is 0.266 e. The maximum Gasteiger partial charge on any atom is 0.283 e. The Morgan fingerprint density at radius 3 is 2.32 bits per heavy atom. The first kappa shape index (κ1) is 16.7. The Hall–Kier alpha value is -1.70. The van der Waals surface area contributed by atoms with Crippen LogP contribution in [0.4, 0.5) is 0 Å². The summed E-state index contributed by atoms with van der Waals surface area (Å²) in [5.41, 5.74) is 1.04. The van der Waals surface area contributed by atoms with Gasteiger partial charge in [0, 0.05) is 11.3 Å². The highest BCUT2D eigenvalue weighted by atomic mass is 35.5. The Bertz CT molecular complexity index is 833. The van der Waals surface area contributed by atoms with Crippen LogP contribution in [-0.4, -0.2) is 24.3 Å². The minimum atomic E-state index is -4.22. The summed E-state index contributed by atoms with van der Waals surface area (Å²) in [4.78, 5) is 19.5. The van der Waals surface area contributed by atoms with Gasteiger partial charge in [0.05, 0.1) is 10.0 Å². The zero-order valence-corrected chi connectivity index (χ0v) is 13.9. The van der Waals surface area contributed by atoms with Crippen LogP contribution in [0.15, 0.2) is 29.4 Å². The fourth-order valence-corrected chi connectivity index (χ4v) is 3.83. The average Bonchev–Trinajstić information content (AvgIpc) is 2.40. The Labute approximate surface area is 137 Å². The third-order valence-electron chi connectivity index (χ3n) is 2.97. The van der Waals surface area contributed by atoms with Crippen LogP contribution in [0.5, 0.6) is 0 Å². The van der Waals surface area contributed by atoms with E-state index in [1.807, 2.05) is 4.72 Å². The molecule has 0 atom stereocenters. The minimum absolute atomic E-state index is 0.0285. The van der Waals surface area contributed by atoms with E-state index < -0.39 is 15.9 Å². The van der Waals surface area contributed by atoms with Gasteiger partial charge in [-0.15, -0.1) is 0 Å². The second kappa shape index (κ2) is 6.20. The van der Waals surface area contributed by atoms with Crippen LogP contribution in [0.1, 0.15) is 21.7 Å². The van der Waals surface area contributed by atoms with Crippen LogP contribution >= 0.6 is 23.2 Å². The number of benzene rings is 1. The number of hydrogen-bond donors (Lipinski definition) is 1. The molecule has 6 nitrogen and oxygen atoms in total. The zero-order valence-electron chi connectivity index (χ0n) is 11.6. The highest BCUT2D eigenvalue weighted by Gasteiger charge is 2.25. The van der Waals surface area contributed by atoms with Crippen molar-refractivity contribution in [2.75, 3.05) is 0 Å². The molecular weight excluding hydrogens is 349 g/mol. The van der Waals surface area contributed by atoms with Crippen molar-refractivity contribution < 1.29 is 13.2 Å². The van der Waals surface area contributed by atoms with Gasteiger partial charge >= 0.3 is 0 Å². The first-order valence-electron chi connectivity index (χ1n) is 6.03. The van der Waals surface area contributed by atoms with E-state index in [-0.39, 0.29) is 20.6 Å². The second-order valence-corrected chi connectivity index (χ2v) is 6.85. The number of amides is 1. The normalized spacial score (nSPS) is 11.3. The van der Waals surface area contributed by atoms with Crippen LogP contribution < -0.4 is 4.72 Å². The second-order valence-electron chi connectivity index (χ2n) is 4.42. The summed E-state index contributed by atoms with van der Waals surface area (Å²) in [5.74, 6) is -0.876. The molecular formula is C13H11Cl2N3O3S. The summed E-state index contributed by atoms with van der Waals surface area (Å²) in [6, 6.07) is 4.24. The summed E-state index contributed by atoms with van der Waals surface area (Å²) in [6.07, 6.45) is 1.19. The lowest BCUT2D eigenvalue weighted by molar-refractivity contribution is 0.0975. The van der Waals surface area contributed by atoms with Crippen molar-refractivity contribution in [3.8, 4) is 0 Å². The molecule has 1 N–H and O–H groups in total. The lowest BCUT2D eigenvalue weighted by Crippen LogP contribution is -2.32. The Balaban J connectivity index is 2.41. The summed E-state index contributed by atoms with van der Waals surface area (Å²) in [5, 5.41) is -0.160. The molecule has 1 aromatic heterocycles. The van der Waals surface area contributed by atoms with Gasteiger partial charge in [-0.25, -0.2) is 23.1 Å². The number of carbonyl (C=O) groups excluding carboxylic acids is 1. The first-order valence-corrected chi connectivity index (χ1v) is 8.27. The molecule has 1 heterocycles. The van der Waals surface area contributed by atoms with E-state index in [4.69, 9.17) is 23.2 Å². The van der Waals surface area contributed by atoms with E-state index in [2.05, 4.69) is 9.97 Å². The largest absolute Gasteiger partial charge is 0.283 e. The maximum absolute atomic E-state index is 12.3. The van der Waals surface area contributed by atoms with Gasteiger partial charge < -0.3 is 0 Å². The molecule has 0 aliphatic carbocycles. The van der Waals surface area contributed by atoms with Crippen molar-refractivity contribution in [1.29, 1.82) is 0 Å². The van der Waals surface area contributed by atoms with E-state index in [0.29, 0.717) is 11.3 Å². The van der Waals surface area contributed by atoms with E-state index in [9.17, 15) is 13.2 Å². The topological polar surface area (TPSA) is 89.0 Å². The van der Waals surface area contributed by atoms with Crippen molar-refractivity contribution in [3.63, 3.8) is 0 Å². The SMILES string of the molecule is Cc1ncnc(C(=O)NS(=O)(=O)c2c(Cl)cccc2Cl)c1C. The molecule has 0 spiro atoms. The molecule has 116 valence electrons. The van der Waals surface area contributed by atoms with Gasteiger partial charge in [-0.3, -0.25) is 4.79 Å². The molecule has 0 bridgehead atoms. The summed E-state index contributed by atoms with van der Waals surface area (Å²) >= 11 is 11.7. The Kier molecular flexibility index (Phi) is 4.69. The first-order chi connectivity index (χ1) is 10.2. The van der Waals surface area contributed by atoms with E-state index in [1.165, 1.54) is 24.5 Å². The van der Waals surface area contributed by atoms with E-state index in [1.54, 1.807) is 13.8 Å². The molecule has 22 heavy (non-hydrogen) atoms. The molecule has 2 aromatic rings. The van der Waals surface area contributed by atoms with Crippen LogP contribution in [0.25, 0.3) is 0 Å². The predicted molar refractivity (Wildman–Crippen MR) is 82.6 cm³/mol. The summed E-state index contributed by atoms with van der Waals surface area (Å²) in [6.45, 7) is 3.31. The molecule has 0 aliphatic heterocycles. The molecule has 0 saturated carbocycles. The van der Waals surface area contributed by atoms with Crippen molar-refractivity contribution in [1.82, 2.24) is 14.7 Å². The van der Waals surface area contributed by atoms with Crippen molar-refractivity contribution in [3.05, 3.63) is 51.5 Å². The predicted octanol–water partition coefficient (Wildman–Crippen LogP) is 2.52.